The van der Waals surface area contributed by atoms with Gasteiger partial charge >= 0.3 is 6.61 Å². The summed E-state index contributed by atoms with van der Waals surface area (Å²) in [6, 6.07) is 2.21. The fourth-order valence-corrected chi connectivity index (χ4v) is 2.79. The Morgan fingerprint density at radius 3 is 2.75 bits per heavy atom. The maximum absolute atomic E-state index is 12.4. The van der Waals surface area contributed by atoms with Gasteiger partial charge < -0.3 is 9.47 Å². The Morgan fingerprint density at radius 1 is 1.42 bits per heavy atom. The molecule has 0 radical (unpaired) electrons. The van der Waals surface area contributed by atoms with E-state index in [2.05, 4.69) is 20.3 Å². The molecular formula is C12H13F2N5O4S. The molecule has 0 aliphatic heterocycles. The van der Waals surface area contributed by atoms with Crippen LogP contribution in [0, 0.1) is 10.1 Å². The van der Waals surface area contributed by atoms with E-state index in [4.69, 9.17) is 4.74 Å². The predicted octanol–water partition coefficient (Wildman–Crippen LogP) is 2.50. The summed E-state index contributed by atoms with van der Waals surface area (Å²) in [5, 5.41) is 22.8. The highest BCUT2D eigenvalue weighted by molar-refractivity contribution is 7.98. The third-order valence-corrected chi connectivity index (χ3v) is 3.94. The smallest absolute Gasteiger partial charge is 0.387 e. The summed E-state index contributed by atoms with van der Waals surface area (Å²) in [5.41, 5.74) is -0.0800. The van der Waals surface area contributed by atoms with Gasteiger partial charge in [0.15, 0.2) is 11.5 Å². The van der Waals surface area contributed by atoms with Crippen LogP contribution in [0.25, 0.3) is 0 Å². The van der Waals surface area contributed by atoms with Gasteiger partial charge in [0, 0.05) is 17.9 Å². The molecule has 0 N–H and O–H groups in total. The number of halogens is 2. The number of tetrazole rings is 1. The highest BCUT2D eigenvalue weighted by Gasteiger charge is 2.22. The lowest BCUT2D eigenvalue weighted by Crippen LogP contribution is -2.05. The van der Waals surface area contributed by atoms with E-state index in [9.17, 15) is 18.9 Å². The largest absolute Gasteiger partial charge is 0.493 e. The highest BCUT2D eigenvalue weighted by atomic mass is 32.2. The van der Waals surface area contributed by atoms with E-state index < -0.39 is 17.3 Å². The molecule has 1 aromatic carbocycles. The van der Waals surface area contributed by atoms with Gasteiger partial charge in [-0.05, 0) is 23.4 Å². The molecular weight excluding hydrogens is 348 g/mol. The van der Waals surface area contributed by atoms with Crippen molar-refractivity contribution in [1.29, 1.82) is 0 Å². The third kappa shape index (κ3) is 4.07. The number of aromatic nitrogens is 4. The van der Waals surface area contributed by atoms with E-state index in [1.807, 2.05) is 6.92 Å². The minimum atomic E-state index is -3.12. The van der Waals surface area contributed by atoms with Crippen molar-refractivity contribution in [3.8, 4) is 11.5 Å². The zero-order valence-corrected chi connectivity index (χ0v) is 13.5. The topological polar surface area (TPSA) is 105 Å². The van der Waals surface area contributed by atoms with Crippen LogP contribution in [-0.2, 0) is 12.3 Å². The van der Waals surface area contributed by atoms with Gasteiger partial charge in [-0.15, -0.1) is 5.10 Å². The van der Waals surface area contributed by atoms with E-state index in [1.165, 1.54) is 29.6 Å². The van der Waals surface area contributed by atoms with Crippen molar-refractivity contribution in [3.63, 3.8) is 0 Å². The first-order valence-electron chi connectivity index (χ1n) is 6.65. The highest BCUT2D eigenvalue weighted by Crippen LogP contribution is 2.37. The van der Waals surface area contributed by atoms with Crippen molar-refractivity contribution in [2.45, 2.75) is 31.0 Å². The van der Waals surface area contributed by atoms with Gasteiger partial charge in [0.05, 0.1) is 18.1 Å². The van der Waals surface area contributed by atoms with Crippen LogP contribution >= 0.6 is 11.8 Å². The number of thioether (sulfide) groups is 1. The average Bonchev–Trinajstić information content (AvgIpc) is 3.00. The van der Waals surface area contributed by atoms with Gasteiger partial charge in [0.2, 0.25) is 5.16 Å². The molecule has 12 heteroatoms. The number of aryl methyl sites for hydroxylation is 1. The summed E-state index contributed by atoms with van der Waals surface area (Å²) >= 11 is 1.18. The second-order valence-corrected chi connectivity index (χ2v) is 5.28. The maximum atomic E-state index is 12.4. The first-order chi connectivity index (χ1) is 11.5. The lowest BCUT2D eigenvalue weighted by molar-refractivity contribution is -0.385. The second kappa shape index (κ2) is 7.86. The zero-order valence-electron chi connectivity index (χ0n) is 12.7. The quantitative estimate of drug-likeness (QED) is 0.401. The van der Waals surface area contributed by atoms with Gasteiger partial charge in [0.25, 0.3) is 5.69 Å². The third-order valence-electron chi connectivity index (χ3n) is 2.93. The summed E-state index contributed by atoms with van der Waals surface area (Å²) < 4.78 is 35.6. The molecule has 1 aromatic heterocycles. The second-order valence-electron chi connectivity index (χ2n) is 4.33. The predicted molar refractivity (Wildman–Crippen MR) is 79.3 cm³/mol. The zero-order chi connectivity index (χ0) is 17.7. The van der Waals surface area contributed by atoms with Crippen LogP contribution in [0.2, 0.25) is 0 Å². The lowest BCUT2D eigenvalue weighted by Gasteiger charge is -2.12. The molecule has 24 heavy (non-hydrogen) atoms. The minimum Gasteiger partial charge on any atom is -0.493 e. The number of alkyl halides is 2. The van der Waals surface area contributed by atoms with E-state index in [0.29, 0.717) is 11.7 Å². The molecule has 0 aliphatic rings. The molecule has 0 aliphatic carbocycles. The Morgan fingerprint density at radius 2 is 2.17 bits per heavy atom. The van der Waals surface area contributed by atoms with E-state index in [1.54, 1.807) is 0 Å². The van der Waals surface area contributed by atoms with E-state index in [-0.39, 0.29) is 22.8 Å². The molecule has 0 spiro atoms. The molecule has 130 valence electrons. The fraction of sp³-hybridized carbons (Fsp3) is 0.417. The Kier molecular flexibility index (Phi) is 5.84. The van der Waals surface area contributed by atoms with Crippen LogP contribution in [-0.4, -0.2) is 38.9 Å². The van der Waals surface area contributed by atoms with Gasteiger partial charge in [0.1, 0.15) is 0 Å². The number of nitrogens with zero attached hydrogens (tertiary/aromatic N) is 5. The summed E-state index contributed by atoms with van der Waals surface area (Å²) in [7, 11) is 1.26. The maximum Gasteiger partial charge on any atom is 0.387 e. The van der Waals surface area contributed by atoms with Gasteiger partial charge in [-0.25, -0.2) is 4.68 Å². The van der Waals surface area contributed by atoms with Crippen molar-refractivity contribution in [2.75, 3.05) is 7.11 Å². The normalized spacial score (nSPS) is 10.9. The number of hydrogen-bond donors (Lipinski definition) is 0. The molecule has 2 rings (SSSR count). The fourth-order valence-electron chi connectivity index (χ4n) is 1.87. The molecule has 0 atom stereocenters. The van der Waals surface area contributed by atoms with Crippen LogP contribution in [0.15, 0.2) is 17.3 Å². The van der Waals surface area contributed by atoms with Crippen molar-refractivity contribution in [3.05, 3.63) is 27.8 Å². The standard InChI is InChI=1S/C12H13F2N5O4S/c1-3-18-12(15-16-17-18)24-6-7-4-9(22-2)10(23-11(13)14)5-8(7)19(20)21/h4-5,11H,3,6H2,1-2H3. The van der Waals surface area contributed by atoms with E-state index >= 15 is 0 Å². The van der Waals surface area contributed by atoms with Gasteiger partial charge in [-0.1, -0.05) is 11.8 Å². The molecule has 0 bridgehead atoms. The van der Waals surface area contributed by atoms with Crippen molar-refractivity contribution < 1.29 is 23.2 Å². The number of ether oxygens (including phenoxy) is 2. The number of methoxy groups -OCH3 is 1. The molecule has 0 saturated heterocycles. The van der Waals surface area contributed by atoms with Crippen LogP contribution < -0.4 is 9.47 Å². The summed E-state index contributed by atoms with van der Waals surface area (Å²) in [6.07, 6.45) is 0. The molecule has 1 heterocycles. The first kappa shape index (κ1) is 17.8. The lowest BCUT2D eigenvalue weighted by atomic mass is 10.2. The van der Waals surface area contributed by atoms with Crippen LogP contribution in [0.3, 0.4) is 0 Å². The van der Waals surface area contributed by atoms with Crippen molar-refractivity contribution in [1.82, 2.24) is 20.2 Å². The SMILES string of the molecule is CCn1nnnc1SCc1cc(OC)c(OC(F)F)cc1[N+](=O)[O-]. The number of hydrogen-bond acceptors (Lipinski definition) is 8. The minimum absolute atomic E-state index is 0.0217. The number of nitro groups is 1. The molecule has 0 unspecified atom stereocenters. The Labute approximate surface area is 139 Å². The van der Waals surface area contributed by atoms with Crippen LogP contribution in [0.4, 0.5) is 14.5 Å². The molecule has 0 amide bonds. The van der Waals surface area contributed by atoms with E-state index in [0.717, 1.165) is 6.07 Å². The first-order valence-corrected chi connectivity index (χ1v) is 7.63. The van der Waals surface area contributed by atoms with Crippen LogP contribution in [0.5, 0.6) is 11.5 Å². The monoisotopic (exact) mass is 361 g/mol. The summed E-state index contributed by atoms with van der Waals surface area (Å²) in [6.45, 7) is -0.725. The van der Waals surface area contributed by atoms with Crippen molar-refractivity contribution in [2.24, 2.45) is 0 Å². The van der Waals surface area contributed by atoms with Gasteiger partial charge in [-0.2, -0.15) is 8.78 Å². The van der Waals surface area contributed by atoms with Crippen LogP contribution in [0.1, 0.15) is 12.5 Å². The Hall–Kier alpha value is -2.50. The Balaban J connectivity index is 2.32. The number of nitro benzene ring substituents is 1. The molecule has 2 aromatic rings. The summed E-state index contributed by atoms with van der Waals surface area (Å²) in [4.78, 5) is 10.5. The Bertz CT molecular complexity index is 727. The van der Waals surface area contributed by atoms with Crippen molar-refractivity contribution >= 4 is 17.4 Å². The summed E-state index contributed by atoms with van der Waals surface area (Å²) in [5.74, 6) is -0.264. The number of benzene rings is 1. The molecule has 9 nitrogen and oxygen atoms in total. The molecule has 0 fully saturated rings. The molecule has 0 saturated carbocycles. The average molecular weight is 361 g/mol. The van der Waals surface area contributed by atoms with Gasteiger partial charge in [-0.3, -0.25) is 10.1 Å². The number of rotatable bonds is 8.